The van der Waals surface area contributed by atoms with E-state index in [9.17, 15) is 17.6 Å². The first-order valence-electron chi connectivity index (χ1n) is 4.59. The average molecular weight is 270 g/mol. The highest BCUT2D eigenvalue weighted by atomic mass is 32.2. The van der Waals surface area contributed by atoms with Gasteiger partial charge in [0.1, 0.15) is 10.0 Å². The molecule has 2 aromatic rings. The number of hydrogen-bond donors (Lipinski definition) is 0. The molecular weight excluding hydrogens is 263 g/mol. The van der Waals surface area contributed by atoms with Gasteiger partial charge >= 0.3 is 0 Å². The van der Waals surface area contributed by atoms with Crippen molar-refractivity contribution >= 4 is 27.5 Å². The fourth-order valence-corrected chi connectivity index (χ4v) is 4.02. The third-order valence-electron chi connectivity index (χ3n) is 2.15. The number of halogens is 1. The zero-order valence-electron chi connectivity index (χ0n) is 8.46. The van der Waals surface area contributed by atoms with Crippen LogP contribution in [-0.2, 0) is 9.84 Å². The van der Waals surface area contributed by atoms with Gasteiger partial charge in [-0.1, -0.05) is 0 Å². The molecule has 1 aromatic heterocycles. The summed E-state index contributed by atoms with van der Waals surface area (Å²) in [6.07, 6.45) is 0.493. The summed E-state index contributed by atoms with van der Waals surface area (Å²) in [7, 11) is -3.73. The molecule has 1 heterocycles. The van der Waals surface area contributed by atoms with E-state index in [0.29, 0.717) is 6.29 Å². The SMILES string of the molecule is O=Cc1ccsc1S(=O)(=O)c1ccc(F)cc1. The minimum atomic E-state index is -3.73. The first-order chi connectivity index (χ1) is 8.05. The lowest BCUT2D eigenvalue weighted by atomic mass is 10.3. The number of hydrogen-bond acceptors (Lipinski definition) is 4. The fraction of sp³-hybridized carbons (Fsp3) is 0. The summed E-state index contributed by atoms with van der Waals surface area (Å²) >= 11 is 0.967. The Kier molecular flexibility index (Phi) is 3.08. The zero-order valence-corrected chi connectivity index (χ0v) is 10.1. The fourth-order valence-electron chi connectivity index (χ4n) is 1.33. The van der Waals surface area contributed by atoms with Crippen molar-refractivity contribution in [2.75, 3.05) is 0 Å². The molecule has 0 N–H and O–H groups in total. The predicted molar refractivity (Wildman–Crippen MR) is 61.6 cm³/mol. The summed E-state index contributed by atoms with van der Waals surface area (Å²) in [5.41, 5.74) is 0.124. The smallest absolute Gasteiger partial charge is 0.216 e. The third kappa shape index (κ3) is 2.13. The largest absolute Gasteiger partial charge is 0.298 e. The van der Waals surface area contributed by atoms with Crippen LogP contribution in [0, 0.1) is 5.82 Å². The molecule has 0 aliphatic heterocycles. The normalized spacial score (nSPS) is 11.4. The second-order valence-corrected chi connectivity index (χ2v) is 6.30. The highest BCUT2D eigenvalue weighted by Gasteiger charge is 2.22. The maximum atomic E-state index is 12.7. The molecule has 17 heavy (non-hydrogen) atoms. The van der Waals surface area contributed by atoms with Crippen LogP contribution in [0.1, 0.15) is 10.4 Å². The molecule has 0 atom stereocenters. The molecule has 0 unspecified atom stereocenters. The number of aldehydes is 1. The molecule has 2 rings (SSSR count). The second-order valence-electron chi connectivity index (χ2n) is 3.24. The quantitative estimate of drug-likeness (QED) is 0.636. The Morgan fingerprint density at radius 2 is 1.76 bits per heavy atom. The van der Waals surface area contributed by atoms with Crippen LogP contribution in [0.4, 0.5) is 4.39 Å². The molecule has 0 amide bonds. The maximum Gasteiger partial charge on any atom is 0.216 e. The molecule has 0 saturated carbocycles. The second kappa shape index (κ2) is 4.38. The molecule has 88 valence electrons. The number of rotatable bonds is 3. The van der Waals surface area contributed by atoms with E-state index in [2.05, 4.69) is 0 Å². The van der Waals surface area contributed by atoms with E-state index in [1.165, 1.54) is 23.6 Å². The van der Waals surface area contributed by atoms with Gasteiger partial charge in [-0.3, -0.25) is 4.79 Å². The van der Waals surface area contributed by atoms with Gasteiger partial charge in [0.05, 0.1) is 4.90 Å². The first-order valence-corrected chi connectivity index (χ1v) is 6.95. The molecule has 0 aliphatic rings. The van der Waals surface area contributed by atoms with Crippen molar-refractivity contribution in [3.8, 4) is 0 Å². The number of carbonyl (C=O) groups excluding carboxylic acids is 1. The number of sulfone groups is 1. The van der Waals surface area contributed by atoms with Crippen molar-refractivity contribution in [2.24, 2.45) is 0 Å². The first kappa shape index (κ1) is 11.9. The van der Waals surface area contributed by atoms with E-state index in [-0.39, 0.29) is 14.7 Å². The third-order valence-corrected chi connectivity index (χ3v) is 5.44. The van der Waals surface area contributed by atoms with Crippen molar-refractivity contribution in [1.29, 1.82) is 0 Å². The number of carbonyl (C=O) groups is 1. The van der Waals surface area contributed by atoms with Crippen LogP contribution < -0.4 is 0 Å². The van der Waals surface area contributed by atoms with Gasteiger partial charge in [-0.05, 0) is 35.7 Å². The Hall–Kier alpha value is -1.53. The van der Waals surface area contributed by atoms with Crippen LogP contribution in [0.3, 0.4) is 0 Å². The van der Waals surface area contributed by atoms with Crippen LogP contribution >= 0.6 is 11.3 Å². The van der Waals surface area contributed by atoms with E-state index in [4.69, 9.17) is 0 Å². The number of benzene rings is 1. The van der Waals surface area contributed by atoms with Crippen molar-refractivity contribution in [3.05, 3.63) is 47.1 Å². The van der Waals surface area contributed by atoms with Gasteiger partial charge in [-0.15, -0.1) is 11.3 Å². The van der Waals surface area contributed by atoms with Crippen LogP contribution in [0.25, 0.3) is 0 Å². The molecule has 1 aromatic carbocycles. The molecule has 6 heteroatoms. The van der Waals surface area contributed by atoms with Gasteiger partial charge < -0.3 is 0 Å². The average Bonchev–Trinajstić information content (AvgIpc) is 2.78. The van der Waals surface area contributed by atoms with Gasteiger partial charge in [0.25, 0.3) is 0 Å². The van der Waals surface area contributed by atoms with Crippen molar-refractivity contribution in [3.63, 3.8) is 0 Å². The van der Waals surface area contributed by atoms with Gasteiger partial charge in [-0.2, -0.15) is 0 Å². The zero-order chi connectivity index (χ0) is 12.5. The van der Waals surface area contributed by atoms with Gasteiger partial charge in [-0.25, -0.2) is 12.8 Å². The Morgan fingerprint density at radius 1 is 1.12 bits per heavy atom. The van der Waals surface area contributed by atoms with E-state index in [1.54, 1.807) is 0 Å². The van der Waals surface area contributed by atoms with E-state index in [1.807, 2.05) is 0 Å². The molecule has 0 aliphatic carbocycles. The summed E-state index contributed by atoms with van der Waals surface area (Å²) in [4.78, 5) is 10.7. The lowest BCUT2D eigenvalue weighted by molar-refractivity contribution is 0.112. The van der Waals surface area contributed by atoms with Gasteiger partial charge in [0.15, 0.2) is 6.29 Å². The Morgan fingerprint density at radius 3 is 2.35 bits per heavy atom. The van der Waals surface area contributed by atoms with Gasteiger partial charge in [0.2, 0.25) is 9.84 Å². The lowest BCUT2D eigenvalue weighted by Gasteiger charge is -2.02. The maximum absolute atomic E-state index is 12.7. The van der Waals surface area contributed by atoms with E-state index < -0.39 is 15.7 Å². The van der Waals surface area contributed by atoms with Crippen LogP contribution in [0.15, 0.2) is 44.8 Å². The summed E-state index contributed by atoms with van der Waals surface area (Å²) in [6.45, 7) is 0. The summed E-state index contributed by atoms with van der Waals surface area (Å²) in [6, 6.07) is 5.94. The molecule has 0 saturated heterocycles. The van der Waals surface area contributed by atoms with E-state index >= 15 is 0 Å². The minimum Gasteiger partial charge on any atom is -0.298 e. The predicted octanol–water partition coefficient (Wildman–Crippen LogP) is 2.53. The van der Waals surface area contributed by atoms with Crippen LogP contribution in [0.2, 0.25) is 0 Å². The van der Waals surface area contributed by atoms with E-state index in [0.717, 1.165) is 23.5 Å². The Bertz CT molecular complexity index is 642. The molecule has 0 spiro atoms. The molecular formula is C11H7FO3S2. The van der Waals surface area contributed by atoms with Crippen molar-refractivity contribution in [1.82, 2.24) is 0 Å². The summed E-state index contributed by atoms with van der Waals surface area (Å²) < 4.78 is 36.9. The lowest BCUT2D eigenvalue weighted by Crippen LogP contribution is -2.02. The number of thiophene rings is 1. The monoisotopic (exact) mass is 270 g/mol. The Balaban J connectivity index is 2.57. The highest BCUT2D eigenvalue weighted by Crippen LogP contribution is 2.28. The molecule has 0 fully saturated rings. The minimum absolute atomic E-state index is 0.0147. The molecule has 3 nitrogen and oxygen atoms in total. The topological polar surface area (TPSA) is 51.2 Å². The molecule has 0 radical (unpaired) electrons. The summed E-state index contributed by atoms with van der Waals surface area (Å²) in [5.74, 6) is -0.509. The van der Waals surface area contributed by atoms with Crippen LogP contribution in [0.5, 0.6) is 0 Å². The van der Waals surface area contributed by atoms with Crippen molar-refractivity contribution < 1.29 is 17.6 Å². The van der Waals surface area contributed by atoms with Crippen molar-refractivity contribution in [2.45, 2.75) is 9.10 Å². The Labute approximate surface area is 101 Å². The molecule has 0 bridgehead atoms. The summed E-state index contributed by atoms with van der Waals surface area (Å²) in [5, 5.41) is 1.53. The van der Waals surface area contributed by atoms with Gasteiger partial charge in [0, 0.05) is 5.56 Å². The van der Waals surface area contributed by atoms with Crippen LogP contribution in [-0.4, -0.2) is 14.7 Å². The standard InChI is InChI=1S/C11H7FO3S2/c12-9-1-3-10(4-2-9)17(14,15)11-8(7-13)5-6-16-11/h1-7H. The highest BCUT2D eigenvalue weighted by molar-refractivity contribution is 7.93.